The van der Waals surface area contributed by atoms with Crippen LogP contribution in [-0.4, -0.2) is 51.0 Å². The molecule has 1 aliphatic heterocycles. The van der Waals surface area contributed by atoms with E-state index in [1.54, 1.807) is 25.1 Å². The molecule has 2 unspecified atom stereocenters. The molecule has 0 saturated carbocycles. The molecule has 6 nitrogen and oxygen atoms in total. The quantitative estimate of drug-likeness (QED) is 0.908. The van der Waals surface area contributed by atoms with Crippen molar-refractivity contribution < 1.29 is 18.3 Å². The van der Waals surface area contributed by atoms with E-state index in [0.29, 0.717) is 30.6 Å². The summed E-state index contributed by atoms with van der Waals surface area (Å²) in [5.74, 6) is -0.534. The van der Waals surface area contributed by atoms with Crippen LogP contribution in [0.15, 0.2) is 23.1 Å². The van der Waals surface area contributed by atoms with Gasteiger partial charge in [0, 0.05) is 27.2 Å². The van der Waals surface area contributed by atoms with Gasteiger partial charge in [0.2, 0.25) is 10.0 Å². The zero-order valence-electron chi connectivity index (χ0n) is 14.0. The summed E-state index contributed by atoms with van der Waals surface area (Å²) < 4.78 is 27.2. The van der Waals surface area contributed by atoms with E-state index in [4.69, 9.17) is 0 Å². The fourth-order valence-electron chi connectivity index (χ4n) is 3.19. The minimum absolute atomic E-state index is 0.00539. The summed E-state index contributed by atoms with van der Waals surface area (Å²) in [6.45, 7) is 5.03. The number of nitrogens with zero attached hydrogens (tertiary/aromatic N) is 2. The van der Waals surface area contributed by atoms with Crippen molar-refractivity contribution in [3.05, 3.63) is 23.8 Å². The average Bonchev–Trinajstić information content (AvgIpc) is 2.45. The Bertz CT molecular complexity index is 690. The van der Waals surface area contributed by atoms with Gasteiger partial charge in [0.05, 0.1) is 16.1 Å². The number of hydrogen-bond donors (Lipinski definition) is 1. The second-order valence-corrected chi connectivity index (χ2v) is 8.58. The lowest BCUT2D eigenvalue weighted by molar-refractivity contribution is 0.0697. The number of hydrogen-bond acceptors (Lipinski definition) is 4. The van der Waals surface area contributed by atoms with E-state index in [9.17, 15) is 18.3 Å². The first-order valence-corrected chi connectivity index (χ1v) is 9.11. The number of piperidine rings is 1. The normalized spacial score (nSPS) is 22.8. The predicted molar refractivity (Wildman–Crippen MR) is 89.4 cm³/mol. The molecular formula is C16H24N2O4S. The first-order chi connectivity index (χ1) is 10.6. The molecule has 0 radical (unpaired) electrons. The summed E-state index contributed by atoms with van der Waals surface area (Å²) in [6.07, 6.45) is 1.01. The third kappa shape index (κ3) is 3.67. The first-order valence-electron chi connectivity index (χ1n) is 7.67. The molecule has 1 fully saturated rings. The summed E-state index contributed by atoms with van der Waals surface area (Å²) in [5.41, 5.74) is 0.478. The molecule has 128 valence electrons. The van der Waals surface area contributed by atoms with Gasteiger partial charge in [-0.2, -0.15) is 4.31 Å². The topological polar surface area (TPSA) is 77.9 Å². The highest BCUT2D eigenvalue weighted by molar-refractivity contribution is 7.89. The van der Waals surface area contributed by atoms with Crippen LogP contribution in [0.5, 0.6) is 0 Å². The van der Waals surface area contributed by atoms with Crippen LogP contribution in [0.3, 0.4) is 0 Å². The molecule has 0 amide bonds. The zero-order chi connectivity index (χ0) is 17.4. The van der Waals surface area contributed by atoms with Crippen LogP contribution in [-0.2, 0) is 10.0 Å². The third-order valence-electron chi connectivity index (χ3n) is 4.15. The van der Waals surface area contributed by atoms with Crippen LogP contribution in [0, 0.1) is 11.8 Å². The Labute approximate surface area is 137 Å². The molecule has 0 bridgehead atoms. The number of carbonyl (C=O) groups is 1. The van der Waals surface area contributed by atoms with Crippen molar-refractivity contribution in [3.63, 3.8) is 0 Å². The maximum atomic E-state index is 12.9. The maximum absolute atomic E-state index is 12.9. The molecule has 2 rings (SSSR count). The fourth-order valence-corrected chi connectivity index (χ4v) is 4.89. The highest BCUT2D eigenvalue weighted by Crippen LogP contribution is 2.29. The molecule has 0 aromatic heterocycles. The Morgan fingerprint density at radius 1 is 1.22 bits per heavy atom. The lowest BCUT2D eigenvalue weighted by atomic mass is 9.94. The Kier molecular flexibility index (Phi) is 5.01. The van der Waals surface area contributed by atoms with Crippen LogP contribution in [0.4, 0.5) is 5.69 Å². The number of carboxylic acid groups (broad SMARTS) is 1. The van der Waals surface area contributed by atoms with Crippen LogP contribution in [0.2, 0.25) is 0 Å². The molecule has 1 heterocycles. The van der Waals surface area contributed by atoms with Crippen LogP contribution in [0.1, 0.15) is 30.6 Å². The van der Waals surface area contributed by atoms with Crippen molar-refractivity contribution in [3.8, 4) is 0 Å². The molecule has 1 aromatic rings. The molecule has 0 aliphatic carbocycles. The van der Waals surface area contributed by atoms with Gasteiger partial charge in [-0.05, 0) is 36.5 Å². The highest BCUT2D eigenvalue weighted by Gasteiger charge is 2.32. The lowest BCUT2D eigenvalue weighted by Gasteiger charge is -2.34. The van der Waals surface area contributed by atoms with Crippen LogP contribution >= 0.6 is 0 Å². The Hall–Kier alpha value is -1.60. The van der Waals surface area contributed by atoms with Crippen LogP contribution < -0.4 is 4.90 Å². The van der Waals surface area contributed by atoms with Crippen LogP contribution in [0.25, 0.3) is 0 Å². The van der Waals surface area contributed by atoms with Gasteiger partial charge in [-0.25, -0.2) is 13.2 Å². The predicted octanol–water partition coefficient (Wildman–Crippen LogP) is 2.12. The molecule has 1 aromatic carbocycles. The van der Waals surface area contributed by atoms with E-state index in [1.165, 1.54) is 16.4 Å². The van der Waals surface area contributed by atoms with Crippen molar-refractivity contribution in [2.45, 2.75) is 25.2 Å². The molecular weight excluding hydrogens is 316 g/mol. The van der Waals surface area contributed by atoms with Gasteiger partial charge in [0.15, 0.2) is 0 Å². The minimum atomic E-state index is -3.67. The Morgan fingerprint density at radius 3 is 2.26 bits per heavy atom. The Morgan fingerprint density at radius 2 is 1.78 bits per heavy atom. The molecule has 0 spiro atoms. The van der Waals surface area contributed by atoms with E-state index in [1.807, 2.05) is 13.8 Å². The standard InChI is InChI=1S/C16H24N2O4S/c1-11-7-12(2)10-18(9-11)23(21,22)13-5-6-15(17(3)4)14(8-13)16(19)20/h5-6,8,11-12H,7,9-10H2,1-4H3,(H,19,20). The van der Waals surface area contributed by atoms with Gasteiger partial charge < -0.3 is 10.0 Å². The summed E-state index contributed by atoms with van der Waals surface area (Å²) in [6, 6.07) is 4.30. The second kappa shape index (κ2) is 6.49. The Balaban J connectivity index is 2.44. The van der Waals surface area contributed by atoms with E-state index >= 15 is 0 Å². The summed E-state index contributed by atoms with van der Waals surface area (Å²) >= 11 is 0. The largest absolute Gasteiger partial charge is 0.478 e. The third-order valence-corrected chi connectivity index (χ3v) is 5.98. The van der Waals surface area contributed by atoms with Gasteiger partial charge in [-0.15, -0.1) is 0 Å². The van der Waals surface area contributed by atoms with Crippen molar-refractivity contribution >= 4 is 21.7 Å². The highest BCUT2D eigenvalue weighted by atomic mass is 32.2. The van der Waals surface area contributed by atoms with Crippen molar-refractivity contribution in [1.82, 2.24) is 4.31 Å². The van der Waals surface area contributed by atoms with Gasteiger partial charge in [-0.1, -0.05) is 13.8 Å². The van der Waals surface area contributed by atoms with E-state index in [2.05, 4.69) is 0 Å². The lowest BCUT2D eigenvalue weighted by Crippen LogP contribution is -2.42. The number of aromatic carboxylic acids is 1. The van der Waals surface area contributed by atoms with Gasteiger partial charge in [-0.3, -0.25) is 0 Å². The number of sulfonamides is 1. The van der Waals surface area contributed by atoms with Gasteiger partial charge in [0.1, 0.15) is 0 Å². The van der Waals surface area contributed by atoms with Gasteiger partial charge >= 0.3 is 5.97 Å². The summed E-state index contributed by atoms with van der Waals surface area (Å²) in [7, 11) is -0.223. The molecule has 7 heteroatoms. The molecule has 23 heavy (non-hydrogen) atoms. The second-order valence-electron chi connectivity index (χ2n) is 6.65. The molecule has 2 atom stereocenters. The van der Waals surface area contributed by atoms with Crippen molar-refractivity contribution in [2.75, 3.05) is 32.1 Å². The molecule has 1 N–H and O–H groups in total. The number of benzene rings is 1. The van der Waals surface area contributed by atoms with E-state index in [-0.39, 0.29) is 10.5 Å². The molecule has 1 saturated heterocycles. The number of carboxylic acids is 1. The summed E-state index contributed by atoms with van der Waals surface area (Å²) in [5, 5.41) is 9.36. The smallest absolute Gasteiger partial charge is 0.337 e. The average molecular weight is 340 g/mol. The number of rotatable bonds is 4. The van der Waals surface area contributed by atoms with E-state index < -0.39 is 16.0 Å². The van der Waals surface area contributed by atoms with Gasteiger partial charge in [0.25, 0.3) is 0 Å². The maximum Gasteiger partial charge on any atom is 0.337 e. The fraction of sp³-hybridized carbons (Fsp3) is 0.562. The zero-order valence-corrected chi connectivity index (χ0v) is 14.8. The van der Waals surface area contributed by atoms with E-state index in [0.717, 1.165) is 6.42 Å². The van der Waals surface area contributed by atoms with Crippen molar-refractivity contribution in [1.29, 1.82) is 0 Å². The van der Waals surface area contributed by atoms with Crippen molar-refractivity contribution in [2.24, 2.45) is 11.8 Å². The summed E-state index contributed by atoms with van der Waals surface area (Å²) in [4.78, 5) is 13.2. The monoisotopic (exact) mass is 340 g/mol. The first kappa shape index (κ1) is 17.7. The number of anilines is 1. The minimum Gasteiger partial charge on any atom is -0.478 e. The SMILES string of the molecule is CC1CC(C)CN(S(=O)(=O)c2ccc(N(C)C)c(C(=O)O)c2)C1. The molecule has 1 aliphatic rings.